The highest BCUT2D eigenvalue weighted by Gasteiger charge is 2.37. The first kappa shape index (κ1) is 13.0. The second-order valence-electron chi connectivity index (χ2n) is 6.22. The molecule has 1 N–H and O–H groups in total. The van der Waals surface area contributed by atoms with Crippen molar-refractivity contribution in [2.45, 2.75) is 38.5 Å². The van der Waals surface area contributed by atoms with E-state index in [0.717, 1.165) is 18.4 Å². The number of fused-ring (bicyclic) bond motifs is 1. The zero-order valence-electron chi connectivity index (χ0n) is 12.3. The van der Waals surface area contributed by atoms with Gasteiger partial charge in [-0.05, 0) is 67.8 Å². The zero-order chi connectivity index (χ0) is 13.2. The Bertz CT molecular complexity index is 441. The van der Waals surface area contributed by atoms with Gasteiger partial charge in [0.1, 0.15) is 0 Å². The van der Waals surface area contributed by atoms with Gasteiger partial charge < -0.3 is 10.2 Å². The van der Waals surface area contributed by atoms with E-state index in [1.54, 1.807) is 11.1 Å². The first-order valence-corrected chi connectivity index (χ1v) is 7.84. The van der Waals surface area contributed by atoms with Crippen LogP contribution in [0, 0.1) is 5.92 Å². The average molecular weight is 258 g/mol. The van der Waals surface area contributed by atoms with E-state index in [4.69, 9.17) is 0 Å². The number of aryl methyl sites for hydroxylation is 1. The third-order valence-corrected chi connectivity index (χ3v) is 4.64. The van der Waals surface area contributed by atoms with E-state index in [9.17, 15) is 0 Å². The minimum absolute atomic E-state index is 0.821. The number of anilines is 1. The summed E-state index contributed by atoms with van der Waals surface area (Å²) < 4.78 is 0. The molecule has 1 aromatic carbocycles. The Morgan fingerprint density at radius 2 is 2.26 bits per heavy atom. The van der Waals surface area contributed by atoms with Crippen LogP contribution in [0.15, 0.2) is 18.2 Å². The van der Waals surface area contributed by atoms with Crippen molar-refractivity contribution in [2.24, 2.45) is 5.92 Å². The van der Waals surface area contributed by atoms with Gasteiger partial charge in [-0.1, -0.05) is 19.1 Å². The predicted molar refractivity (Wildman–Crippen MR) is 82.0 cm³/mol. The first-order chi connectivity index (χ1) is 9.29. The summed E-state index contributed by atoms with van der Waals surface area (Å²) in [5, 5.41) is 3.56. The van der Waals surface area contributed by atoms with Gasteiger partial charge >= 0.3 is 0 Å². The van der Waals surface area contributed by atoms with Crippen LogP contribution in [-0.2, 0) is 6.42 Å². The molecule has 0 aromatic heterocycles. The van der Waals surface area contributed by atoms with E-state index < -0.39 is 0 Å². The molecule has 1 saturated carbocycles. The highest BCUT2D eigenvalue weighted by Crippen LogP contribution is 2.48. The van der Waals surface area contributed by atoms with Gasteiger partial charge in [0.25, 0.3) is 0 Å². The summed E-state index contributed by atoms with van der Waals surface area (Å²) in [6, 6.07) is 7.19. The molecule has 19 heavy (non-hydrogen) atoms. The fraction of sp³-hybridized carbons (Fsp3) is 0.647. The third-order valence-electron chi connectivity index (χ3n) is 4.64. The van der Waals surface area contributed by atoms with Gasteiger partial charge in [-0.3, -0.25) is 0 Å². The minimum atomic E-state index is 0.821. The topological polar surface area (TPSA) is 15.3 Å². The maximum absolute atomic E-state index is 3.56. The van der Waals surface area contributed by atoms with Crippen LogP contribution < -0.4 is 10.2 Å². The lowest BCUT2D eigenvalue weighted by atomic mass is 9.97. The van der Waals surface area contributed by atoms with Crippen LogP contribution in [-0.4, -0.2) is 26.7 Å². The fourth-order valence-electron chi connectivity index (χ4n) is 3.38. The molecule has 0 spiro atoms. The molecular formula is C17H26N2. The van der Waals surface area contributed by atoms with Gasteiger partial charge in [-0.2, -0.15) is 0 Å². The van der Waals surface area contributed by atoms with Crippen molar-refractivity contribution in [3.05, 3.63) is 29.3 Å². The Morgan fingerprint density at radius 3 is 3.11 bits per heavy atom. The Kier molecular flexibility index (Phi) is 3.79. The van der Waals surface area contributed by atoms with E-state index in [0.29, 0.717) is 0 Å². The molecule has 0 saturated heterocycles. The highest BCUT2D eigenvalue weighted by molar-refractivity contribution is 5.57. The molecule has 2 heteroatoms. The van der Waals surface area contributed by atoms with Crippen LogP contribution in [0.4, 0.5) is 5.69 Å². The SMILES string of the molecule is CCCNCC1CC1c1ccc2c(c1)CCCN2C. The first-order valence-electron chi connectivity index (χ1n) is 7.84. The summed E-state index contributed by atoms with van der Waals surface area (Å²) in [7, 11) is 2.21. The van der Waals surface area contributed by atoms with Gasteiger partial charge in [0.15, 0.2) is 0 Å². The monoisotopic (exact) mass is 258 g/mol. The predicted octanol–water partition coefficient (Wildman–Crippen LogP) is 3.17. The number of rotatable bonds is 5. The van der Waals surface area contributed by atoms with E-state index in [1.165, 1.54) is 44.5 Å². The smallest absolute Gasteiger partial charge is 0.0396 e. The van der Waals surface area contributed by atoms with Crippen molar-refractivity contribution in [2.75, 3.05) is 31.6 Å². The maximum atomic E-state index is 3.56. The van der Waals surface area contributed by atoms with E-state index in [1.807, 2.05) is 0 Å². The van der Waals surface area contributed by atoms with Crippen LogP contribution in [0.3, 0.4) is 0 Å². The average Bonchev–Trinajstić information content (AvgIpc) is 3.19. The molecule has 104 valence electrons. The second-order valence-corrected chi connectivity index (χ2v) is 6.22. The standard InChI is InChI=1S/C17H26N2/c1-3-8-18-12-15-11-16(15)13-6-7-17-14(10-13)5-4-9-19(17)2/h6-7,10,15-16,18H,3-5,8-9,11-12H2,1-2H3. The number of hydrogen-bond donors (Lipinski definition) is 1. The van der Waals surface area contributed by atoms with Gasteiger partial charge in [0.2, 0.25) is 0 Å². The number of benzene rings is 1. The molecule has 1 heterocycles. The molecule has 2 atom stereocenters. The summed E-state index contributed by atoms with van der Waals surface area (Å²) in [6.45, 7) is 5.81. The fourth-order valence-corrected chi connectivity index (χ4v) is 3.38. The molecule has 1 aliphatic heterocycles. The summed E-state index contributed by atoms with van der Waals surface area (Å²) >= 11 is 0. The molecule has 0 bridgehead atoms. The third kappa shape index (κ3) is 2.79. The molecule has 1 aliphatic carbocycles. The van der Waals surface area contributed by atoms with Gasteiger partial charge in [0.05, 0.1) is 0 Å². The number of nitrogens with zero attached hydrogens (tertiary/aromatic N) is 1. The lowest BCUT2D eigenvalue weighted by Gasteiger charge is -2.27. The van der Waals surface area contributed by atoms with Crippen molar-refractivity contribution < 1.29 is 0 Å². The summed E-state index contributed by atoms with van der Waals surface area (Å²) in [6.07, 6.45) is 5.19. The Morgan fingerprint density at radius 1 is 1.37 bits per heavy atom. The molecule has 0 amide bonds. The van der Waals surface area contributed by atoms with Crippen LogP contribution >= 0.6 is 0 Å². The molecule has 2 unspecified atom stereocenters. The normalized spacial score (nSPS) is 25.3. The number of nitrogens with one attached hydrogen (secondary N) is 1. The lowest BCUT2D eigenvalue weighted by Crippen LogP contribution is -2.24. The Balaban J connectivity index is 1.64. The van der Waals surface area contributed by atoms with Crippen molar-refractivity contribution in [1.29, 1.82) is 0 Å². The van der Waals surface area contributed by atoms with E-state index in [2.05, 4.69) is 42.4 Å². The largest absolute Gasteiger partial charge is 0.374 e. The molecule has 0 radical (unpaired) electrons. The molecule has 2 aliphatic rings. The van der Waals surface area contributed by atoms with Gasteiger partial charge in [-0.25, -0.2) is 0 Å². The van der Waals surface area contributed by atoms with Gasteiger partial charge in [0, 0.05) is 19.3 Å². The van der Waals surface area contributed by atoms with E-state index in [-0.39, 0.29) is 0 Å². The summed E-state index contributed by atoms with van der Waals surface area (Å²) in [5.41, 5.74) is 4.60. The molecule has 1 aromatic rings. The van der Waals surface area contributed by atoms with Crippen molar-refractivity contribution in [1.82, 2.24) is 5.32 Å². The second kappa shape index (κ2) is 5.54. The van der Waals surface area contributed by atoms with Crippen molar-refractivity contribution in [3.8, 4) is 0 Å². The highest BCUT2D eigenvalue weighted by atomic mass is 15.1. The molecule has 1 fully saturated rings. The van der Waals surface area contributed by atoms with Crippen LogP contribution in [0.25, 0.3) is 0 Å². The quantitative estimate of drug-likeness (QED) is 0.816. The van der Waals surface area contributed by atoms with Crippen LogP contribution in [0.2, 0.25) is 0 Å². The molecule has 3 rings (SSSR count). The van der Waals surface area contributed by atoms with Crippen molar-refractivity contribution >= 4 is 5.69 Å². The lowest BCUT2D eigenvalue weighted by molar-refractivity contribution is 0.620. The molecule has 2 nitrogen and oxygen atoms in total. The minimum Gasteiger partial charge on any atom is -0.374 e. The van der Waals surface area contributed by atoms with E-state index >= 15 is 0 Å². The van der Waals surface area contributed by atoms with Crippen LogP contribution in [0.5, 0.6) is 0 Å². The van der Waals surface area contributed by atoms with Gasteiger partial charge in [-0.15, -0.1) is 0 Å². The van der Waals surface area contributed by atoms with Crippen LogP contribution in [0.1, 0.15) is 43.2 Å². The zero-order valence-corrected chi connectivity index (χ0v) is 12.3. The Hall–Kier alpha value is -1.02. The summed E-state index contributed by atoms with van der Waals surface area (Å²) in [4.78, 5) is 2.40. The maximum Gasteiger partial charge on any atom is 0.0396 e. The number of hydrogen-bond acceptors (Lipinski definition) is 2. The molecular weight excluding hydrogens is 232 g/mol. The Labute approximate surface area is 117 Å². The van der Waals surface area contributed by atoms with Crippen molar-refractivity contribution in [3.63, 3.8) is 0 Å². The summed E-state index contributed by atoms with van der Waals surface area (Å²) in [5.74, 6) is 1.70.